The number of aryl methyl sites for hydroxylation is 2. The van der Waals surface area contributed by atoms with Crippen LogP contribution in [-0.2, 0) is 4.79 Å². The van der Waals surface area contributed by atoms with Gasteiger partial charge >= 0.3 is 0 Å². The third-order valence-electron chi connectivity index (χ3n) is 5.72. The van der Waals surface area contributed by atoms with Gasteiger partial charge in [0.15, 0.2) is 5.65 Å². The SMILES string of the molecule is Cc1ccc([C@H](C)NC(=O)[C@H]2CCCN(c3cnc4nccnc4c3)C2)c(C)c1. The average Bonchev–Trinajstić information content (AvgIpc) is 2.73. The number of amides is 1. The number of rotatable bonds is 4. The molecule has 1 saturated heterocycles. The first-order valence-electron chi connectivity index (χ1n) is 10.2. The third kappa shape index (κ3) is 4.21. The lowest BCUT2D eigenvalue weighted by molar-refractivity contribution is -0.125. The number of nitrogens with one attached hydrogen (secondary N) is 1. The van der Waals surface area contributed by atoms with Gasteiger partial charge in [-0.3, -0.25) is 9.78 Å². The zero-order valence-corrected chi connectivity index (χ0v) is 17.2. The molecule has 0 unspecified atom stereocenters. The molecule has 0 spiro atoms. The highest BCUT2D eigenvalue weighted by atomic mass is 16.2. The average molecular weight is 390 g/mol. The normalized spacial score (nSPS) is 17.9. The van der Waals surface area contributed by atoms with Gasteiger partial charge in [0, 0.05) is 25.5 Å². The van der Waals surface area contributed by atoms with Gasteiger partial charge in [0.2, 0.25) is 5.91 Å². The van der Waals surface area contributed by atoms with E-state index >= 15 is 0 Å². The number of carbonyl (C=O) groups excluding carboxylic acids is 1. The summed E-state index contributed by atoms with van der Waals surface area (Å²) in [6, 6.07) is 8.38. The van der Waals surface area contributed by atoms with Gasteiger partial charge in [0.05, 0.1) is 23.8 Å². The Morgan fingerprint density at radius 2 is 2.00 bits per heavy atom. The number of fused-ring (bicyclic) bond motifs is 1. The molecule has 150 valence electrons. The Labute approximate surface area is 171 Å². The van der Waals surface area contributed by atoms with E-state index < -0.39 is 0 Å². The summed E-state index contributed by atoms with van der Waals surface area (Å²) in [6.07, 6.45) is 7.04. The Morgan fingerprint density at radius 3 is 2.83 bits per heavy atom. The monoisotopic (exact) mass is 389 g/mol. The quantitative estimate of drug-likeness (QED) is 0.736. The highest BCUT2D eigenvalue weighted by molar-refractivity contribution is 5.80. The molecule has 4 rings (SSSR count). The topological polar surface area (TPSA) is 71.0 Å². The van der Waals surface area contributed by atoms with Crippen LogP contribution in [0.25, 0.3) is 11.2 Å². The Bertz CT molecular complexity index is 1030. The second-order valence-electron chi connectivity index (χ2n) is 7.97. The number of piperidine rings is 1. The van der Waals surface area contributed by atoms with E-state index in [2.05, 4.69) is 64.1 Å². The lowest BCUT2D eigenvalue weighted by atomic mass is 9.95. The fourth-order valence-electron chi connectivity index (χ4n) is 4.17. The molecule has 0 saturated carbocycles. The molecule has 1 N–H and O–H groups in total. The smallest absolute Gasteiger partial charge is 0.225 e. The summed E-state index contributed by atoms with van der Waals surface area (Å²) < 4.78 is 0. The molecular formula is C23H27N5O. The highest BCUT2D eigenvalue weighted by Crippen LogP contribution is 2.26. The van der Waals surface area contributed by atoms with Gasteiger partial charge in [-0.05, 0) is 50.8 Å². The lowest BCUT2D eigenvalue weighted by Crippen LogP contribution is -2.43. The van der Waals surface area contributed by atoms with E-state index in [1.165, 1.54) is 16.7 Å². The van der Waals surface area contributed by atoms with E-state index in [9.17, 15) is 4.79 Å². The summed E-state index contributed by atoms with van der Waals surface area (Å²) in [7, 11) is 0. The standard InChI is InChI=1S/C23H27N5O/c1-15-6-7-20(16(2)11-15)17(3)27-23(29)18-5-4-10-28(14-18)19-12-21-22(26-13-19)25-9-8-24-21/h6-9,11-13,17-18H,4-5,10,14H2,1-3H3,(H,27,29)/t17-,18-/m0/s1. The van der Waals surface area contributed by atoms with Crippen molar-refractivity contribution in [2.24, 2.45) is 5.92 Å². The van der Waals surface area contributed by atoms with Crippen LogP contribution in [0.15, 0.2) is 42.9 Å². The summed E-state index contributed by atoms with van der Waals surface area (Å²) in [6.45, 7) is 7.86. The fraction of sp³-hybridized carbons (Fsp3) is 0.391. The minimum Gasteiger partial charge on any atom is -0.369 e. The lowest BCUT2D eigenvalue weighted by Gasteiger charge is -2.34. The maximum atomic E-state index is 13.0. The first-order chi connectivity index (χ1) is 14.0. The van der Waals surface area contributed by atoms with E-state index in [1.807, 2.05) is 12.3 Å². The number of nitrogens with zero attached hydrogens (tertiary/aromatic N) is 4. The largest absolute Gasteiger partial charge is 0.369 e. The summed E-state index contributed by atoms with van der Waals surface area (Å²) in [5, 5.41) is 3.22. The number of anilines is 1. The maximum absolute atomic E-state index is 13.0. The van der Waals surface area contributed by atoms with Crippen LogP contribution in [0.4, 0.5) is 5.69 Å². The van der Waals surface area contributed by atoms with Crippen LogP contribution in [0, 0.1) is 19.8 Å². The summed E-state index contributed by atoms with van der Waals surface area (Å²) >= 11 is 0. The van der Waals surface area contributed by atoms with E-state index in [4.69, 9.17) is 0 Å². The predicted octanol–water partition coefficient (Wildman–Crippen LogP) is 3.74. The van der Waals surface area contributed by atoms with Gasteiger partial charge in [0.1, 0.15) is 5.52 Å². The zero-order valence-electron chi connectivity index (χ0n) is 17.2. The second-order valence-corrected chi connectivity index (χ2v) is 7.97. The van der Waals surface area contributed by atoms with E-state index in [1.54, 1.807) is 12.4 Å². The van der Waals surface area contributed by atoms with Gasteiger partial charge in [0.25, 0.3) is 0 Å². The molecule has 2 aromatic heterocycles. The van der Waals surface area contributed by atoms with Crippen molar-refractivity contribution in [1.82, 2.24) is 20.3 Å². The number of aromatic nitrogens is 3. The van der Waals surface area contributed by atoms with Crippen molar-refractivity contribution in [1.29, 1.82) is 0 Å². The molecule has 0 bridgehead atoms. The van der Waals surface area contributed by atoms with Crippen LogP contribution in [0.5, 0.6) is 0 Å². The third-order valence-corrected chi connectivity index (χ3v) is 5.72. The van der Waals surface area contributed by atoms with Crippen molar-refractivity contribution >= 4 is 22.8 Å². The number of hydrogen-bond donors (Lipinski definition) is 1. The molecule has 0 radical (unpaired) electrons. The Kier molecular flexibility index (Phi) is 5.43. The van der Waals surface area contributed by atoms with Crippen LogP contribution >= 0.6 is 0 Å². The first kappa shape index (κ1) is 19.3. The molecule has 1 fully saturated rings. The van der Waals surface area contributed by atoms with E-state index in [-0.39, 0.29) is 17.9 Å². The minimum absolute atomic E-state index is 0.00362. The zero-order chi connectivity index (χ0) is 20.4. The molecule has 29 heavy (non-hydrogen) atoms. The Hall–Kier alpha value is -3.02. The molecule has 6 heteroatoms. The number of carbonyl (C=O) groups is 1. The number of hydrogen-bond acceptors (Lipinski definition) is 5. The second kappa shape index (κ2) is 8.15. The predicted molar refractivity (Wildman–Crippen MR) is 115 cm³/mol. The Balaban J connectivity index is 1.45. The van der Waals surface area contributed by atoms with Crippen molar-refractivity contribution in [3.63, 3.8) is 0 Å². The number of benzene rings is 1. The van der Waals surface area contributed by atoms with Crippen molar-refractivity contribution in [2.45, 2.75) is 39.7 Å². The molecule has 3 aromatic rings. The van der Waals surface area contributed by atoms with Crippen LogP contribution in [0.3, 0.4) is 0 Å². The van der Waals surface area contributed by atoms with Crippen LogP contribution in [0.1, 0.15) is 42.5 Å². The van der Waals surface area contributed by atoms with Crippen molar-refractivity contribution in [3.8, 4) is 0 Å². The van der Waals surface area contributed by atoms with Gasteiger partial charge < -0.3 is 10.2 Å². The molecule has 2 atom stereocenters. The van der Waals surface area contributed by atoms with Crippen LogP contribution < -0.4 is 10.2 Å². The molecular weight excluding hydrogens is 362 g/mol. The number of pyridine rings is 1. The molecule has 6 nitrogen and oxygen atoms in total. The van der Waals surface area contributed by atoms with Crippen molar-refractivity contribution in [3.05, 3.63) is 59.5 Å². The highest BCUT2D eigenvalue weighted by Gasteiger charge is 2.27. The van der Waals surface area contributed by atoms with Crippen molar-refractivity contribution < 1.29 is 4.79 Å². The van der Waals surface area contributed by atoms with Gasteiger partial charge in [-0.25, -0.2) is 9.97 Å². The molecule has 1 aliphatic rings. The van der Waals surface area contributed by atoms with Gasteiger partial charge in [-0.1, -0.05) is 23.8 Å². The summed E-state index contributed by atoms with van der Waals surface area (Å²) in [5.41, 5.74) is 6.05. The minimum atomic E-state index is -0.0329. The fourth-order valence-corrected chi connectivity index (χ4v) is 4.17. The van der Waals surface area contributed by atoms with E-state index in [0.717, 1.165) is 30.6 Å². The first-order valence-corrected chi connectivity index (χ1v) is 10.2. The Morgan fingerprint density at radius 1 is 1.17 bits per heavy atom. The van der Waals surface area contributed by atoms with Crippen LogP contribution in [0.2, 0.25) is 0 Å². The molecule has 1 aromatic carbocycles. The summed E-state index contributed by atoms with van der Waals surface area (Å²) in [5.74, 6) is 0.0882. The van der Waals surface area contributed by atoms with Gasteiger partial charge in [-0.2, -0.15) is 0 Å². The summed E-state index contributed by atoms with van der Waals surface area (Å²) in [4.78, 5) is 28.2. The molecule has 3 heterocycles. The molecule has 1 aliphatic heterocycles. The maximum Gasteiger partial charge on any atom is 0.225 e. The van der Waals surface area contributed by atoms with Crippen LogP contribution in [-0.4, -0.2) is 33.9 Å². The molecule has 1 amide bonds. The van der Waals surface area contributed by atoms with Gasteiger partial charge in [-0.15, -0.1) is 0 Å². The van der Waals surface area contributed by atoms with E-state index in [0.29, 0.717) is 12.2 Å². The van der Waals surface area contributed by atoms with Crippen molar-refractivity contribution in [2.75, 3.05) is 18.0 Å². The molecule has 0 aliphatic carbocycles.